The zero-order valence-electron chi connectivity index (χ0n) is 12.9. The first-order valence-electron chi connectivity index (χ1n) is 7.26. The van der Waals surface area contributed by atoms with E-state index in [1.165, 1.54) is 0 Å². The van der Waals surface area contributed by atoms with Gasteiger partial charge in [0.05, 0.1) is 11.3 Å². The lowest BCUT2D eigenvalue weighted by molar-refractivity contribution is -0.134. The SMILES string of the molecule is CCC(=O)Oc1[nH]c(C)c(OC(=O)CC)c1-c1ccccc1. The highest BCUT2D eigenvalue weighted by Gasteiger charge is 2.22. The number of aromatic nitrogens is 1. The van der Waals surface area contributed by atoms with Gasteiger partial charge in [0.25, 0.3) is 0 Å². The molecule has 0 unspecified atom stereocenters. The van der Waals surface area contributed by atoms with Crippen molar-refractivity contribution in [2.45, 2.75) is 33.6 Å². The fraction of sp³-hybridized carbons (Fsp3) is 0.294. The van der Waals surface area contributed by atoms with Gasteiger partial charge >= 0.3 is 11.9 Å². The van der Waals surface area contributed by atoms with Crippen molar-refractivity contribution >= 4 is 11.9 Å². The van der Waals surface area contributed by atoms with Crippen LogP contribution in [0.1, 0.15) is 32.4 Å². The standard InChI is InChI=1S/C17H19NO4/c1-4-13(19)21-16-11(3)18-17(22-14(20)5-2)15(16)12-9-7-6-8-10-12/h6-10,18H,4-5H2,1-3H3. The Labute approximate surface area is 129 Å². The maximum Gasteiger partial charge on any atom is 0.312 e. The molecule has 0 amide bonds. The number of H-pyrrole nitrogens is 1. The third kappa shape index (κ3) is 3.36. The van der Waals surface area contributed by atoms with E-state index in [-0.39, 0.29) is 24.8 Å². The number of carbonyl (C=O) groups excluding carboxylic acids is 2. The van der Waals surface area contributed by atoms with Gasteiger partial charge in [-0.05, 0) is 12.5 Å². The van der Waals surface area contributed by atoms with E-state index in [1.54, 1.807) is 20.8 Å². The van der Waals surface area contributed by atoms with Crippen LogP contribution in [0.3, 0.4) is 0 Å². The number of esters is 2. The van der Waals surface area contributed by atoms with Crippen LogP contribution in [0.4, 0.5) is 0 Å². The summed E-state index contributed by atoms with van der Waals surface area (Å²) < 4.78 is 10.8. The van der Waals surface area contributed by atoms with Gasteiger partial charge in [0.2, 0.25) is 5.88 Å². The summed E-state index contributed by atoms with van der Waals surface area (Å²) in [6.45, 7) is 5.22. The second-order valence-corrected chi connectivity index (χ2v) is 4.80. The predicted octanol–water partition coefficient (Wildman–Crippen LogP) is 3.62. The van der Waals surface area contributed by atoms with Gasteiger partial charge < -0.3 is 14.5 Å². The molecular weight excluding hydrogens is 282 g/mol. The predicted molar refractivity (Wildman–Crippen MR) is 82.8 cm³/mol. The second kappa shape index (κ2) is 6.93. The van der Waals surface area contributed by atoms with Crippen molar-refractivity contribution < 1.29 is 19.1 Å². The van der Waals surface area contributed by atoms with Crippen LogP contribution in [0.25, 0.3) is 11.1 Å². The summed E-state index contributed by atoms with van der Waals surface area (Å²) in [6.07, 6.45) is 0.527. The van der Waals surface area contributed by atoms with Gasteiger partial charge in [-0.15, -0.1) is 0 Å². The van der Waals surface area contributed by atoms with Gasteiger partial charge in [-0.1, -0.05) is 44.2 Å². The molecule has 116 valence electrons. The summed E-state index contributed by atoms with van der Waals surface area (Å²) in [6, 6.07) is 9.37. The molecule has 5 nitrogen and oxygen atoms in total. The molecule has 1 N–H and O–H groups in total. The minimum Gasteiger partial charge on any atom is -0.424 e. The van der Waals surface area contributed by atoms with E-state index >= 15 is 0 Å². The number of nitrogens with one attached hydrogen (secondary N) is 1. The Morgan fingerprint density at radius 2 is 1.59 bits per heavy atom. The normalized spacial score (nSPS) is 10.3. The first-order valence-corrected chi connectivity index (χ1v) is 7.26. The van der Waals surface area contributed by atoms with Crippen molar-refractivity contribution in [1.82, 2.24) is 4.98 Å². The quantitative estimate of drug-likeness (QED) is 0.856. The molecule has 0 atom stereocenters. The van der Waals surface area contributed by atoms with Crippen molar-refractivity contribution in [2.24, 2.45) is 0 Å². The number of benzene rings is 1. The number of rotatable bonds is 5. The molecule has 22 heavy (non-hydrogen) atoms. The Morgan fingerprint density at radius 3 is 2.18 bits per heavy atom. The van der Waals surface area contributed by atoms with Gasteiger partial charge in [0, 0.05) is 12.8 Å². The van der Waals surface area contributed by atoms with Crippen molar-refractivity contribution in [3.63, 3.8) is 0 Å². The summed E-state index contributed by atoms with van der Waals surface area (Å²) in [5.41, 5.74) is 2.03. The highest BCUT2D eigenvalue weighted by molar-refractivity contribution is 5.84. The zero-order valence-corrected chi connectivity index (χ0v) is 12.9. The number of aromatic amines is 1. The van der Waals surface area contributed by atoms with Crippen LogP contribution < -0.4 is 9.47 Å². The number of hydrogen-bond acceptors (Lipinski definition) is 4. The number of hydrogen-bond donors (Lipinski definition) is 1. The summed E-state index contributed by atoms with van der Waals surface area (Å²) in [4.78, 5) is 26.3. The Kier molecular flexibility index (Phi) is 4.99. The molecule has 0 saturated carbocycles. The van der Waals surface area contributed by atoms with Crippen molar-refractivity contribution in [1.29, 1.82) is 0 Å². The number of aryl methyl sites for hydroxylation is 1. The van der Waals surface area contributed by atoms with Crippen LogP contribution in [0.5, 0.6) is 11.6 Å². The van der Waals surface area contributed by atoms with E-state index in [0.717, 1.165) is 5.56 Å². The smallest absolute Gasteiger partial charge is 0.312 e. The number of ether oxygens (including phenoxy) is 2. The van der Waals surface area contributed by atoms with Crippen molar-refractivity contribution in [3.8, 4) is 22.8 Å². The second-order valence-electron chi connectivity index (χ2n) is 4.80. The van der Waals surface area contributed by atoms with Crippen LogP contribution in [0, 0.1) is 6.92 Å². The lowest BCUT2D eigenvalue weighted by atomic mass is 10.1. The Balaban J connectivity index is 2.53. The molecule has 2 aromatic rings. The number of carbonyl (C=O) groups is 2. The Bertz CT molecular complexity index is 673. The molecular formula is C17H19NO4. The summed E-state index contributed by atoms with van der Waals surface area (Å²) >= 11 is 0. The lowest BCUT2D eigenvalue weighted by Gasteiger charge is -2.08. The van der Waals surface area contributed by atoms with E-state index in [1.807, 2.05) is 30.3 Å². The van der Waals surface area contributed by atoms with Crippen LogP contribution in [0.2, 0.25) is 0 Å². The first kappa shape index (κ1) is 15.8. The van der Waals surface area contributed by atoms with E-state index in [2.05, 4.69) is 4.98 Å². The maximum atomic E-state index is 11.7. The molecule has 1 aromatic carbocycles. The highest BCUT2D eigenvalue weighted by Crippen LogP contribution is 2.41. The minimum absolute atomic E-state index is 0.260. The molecule has 0 radical (unpaired) electrons. The fourth-order valence-corrected chi connectivity index (χ4v) is 2.02. The van der Waals surface area contributed by atoms with Gasteiger partial charge in [-0.2, -0.15) is 0 Å². The van der Waals surface area contributed by atoms with Gasteiger partial charge in [-0.3, -0.25) is 9.59 Å². The van der Waals surface area contributed by atoms with Crippen LogP contribution in [0.15, 0.2) is 30.3 Å². The minimum atomic E-state index is -0.355. The third-order valence-corrected chi connectivity index (χ3v) is 3.17. The van der Waals surface area contributed by atoms with Crippen LogP contribution in [-0.4, -0.2) is 16.9 Å². The van der Waals surface area contributed by atoms with Crippen molar-refractivity contribution in [2.75, 3.05) is 0 Å². The van der Waals surface area contributed by atoms with E-state index in [4.69, 9.17) is 9.47 Å². The summed E-state index contributed by atoms with van der Waals surface area (Å²) in [5, 5.41) is 0. The molecule has 2 rings (SSSR count). The topological polar surface area (TPSA) is 68.4 Å². The van der Waals surface area contributed by atoms with Gasteiger partial charge in [-0.25, -0.2) is 0 Å². The molecule has 0 bridgehead atoms. The molecule has 1 heterocycles. The first-order chi connectivity index (χ1) is 10.6. The largest absolute Gasteiger partial charge is 0.424 e. The van der Waals surface area contributed by atoms with E-state index in [0.29, 0.717) is 22.9 Å². The molecule has 0 fully saturated rings. The third-order valence-electron chi connectivity index (χ3n) is 3.17. The Hall–Kier alpha value is -2.56. The highest BCUT2D eigenvalue weighted by atomic mass is 16.6. The molecule has 1 aromatic heterocycles. The van der Waals surface area contributed by atoms with Crippen molar-refractivity contribution in [3.05, 3.63) is 36.0 Å². The molecule has 0 aliphatic rings. The Morgan fingerprint density at radius 1 is 1.00 bits per heavy atom. The summed E-state index contributed by atoms with van der Waals surface area (Å²) in [5.74, 6) is 0.00542. The molecule has 0 saturated heterocycles. The molecule has 5 heteroatoms. The van der Waals surface area contributed by atoms with Gasteiger partial charge in [0.15, 0.2) is 5.75 Å². The van der Waals surface area contributed by atoms with E-state index < -0.39 is 0 Å². The molecule has 0 aliphatic heterocycles. The maximum absolute atomic E-state index is 11.7. The average molecular weight is 301 g/mol. The monoisotopic (exact) mass is 301 g/mol. The van der Waals surface area contributed by atoms with Crippen LogP contribution in [-0.2, 0) is 9.59 Å². The van der Waals surface area contributed by atoms with E-state index in [9.17, 15) is 9.59 Å². The molecule has 0 aliphatic carbocycles. The zero-order chi connectivity index (χ0) is 16.1. The molecule has 0 spiro atoms. The fourth-order valence-electron chi connectivity index (χ4n) is 2.02. The summed E-state index contributed by atoms with van der Waals surface area (Å²) in [7, 11) is 0. The lowest BCUT2D eigenvalue weighted by Crippen LogP contribution is -2.08. The average Bonchev–Trinajstić information content (AvgIpc) is 2.83. The van der Waals surface area contributed by atoms with Crippen LogP contribution >= 0.6 is 0 Å². The van der Waals surface area contributed by atoms with Gasteiger partial charge in [0.1, 0.15) is 0 Å².